The number of carbonyl (C=O) groups is 2. The molecule has 3 aromatic carbocycles. The van der Waals surface area contributed by atoms with Crippen LogP contribution >= 0.6 is 23.2 Å². The molecule has 0 saturated carbocycles. The van der Waals surface area contributed by atoms with Gasteiger partial charge in [-0.25, -0.2) is 4.98 Å². The van der Waals surface area contributed by atoms with Gasteiger partial charge in [-0.2, -0.15) is 0 Å². The Bertz CT molecular complexity index is 1580. The van der Waals surface area contributed by atoms with E-state index in [-0.39, 0.29) is 42.7 Å². The molecule has 1 amide bonds. The molecule has 230 valence electrons. The second-order valence-electron chi connectivity index (χ2n) is 10.7. The summed E-state index contributed by atoms with van der Waals surface area (Å²) in [7, 11) is 0. The van der Waals surface area contributed by atoms with Crippen molar-refractivity contribution in [3.05, 3.63) is 112 Å². The number of ether oxygens (including phenoxy) is 2. The van der Waals surface area contributed by atoms with Crippen LogP contribution in [-0.4, -0.2) is 37.7 Å². The summed E-state index contributed by atoms with van der Waals surface area (Å²) in [5.41, 5.74) is 5.59. The molecule has 0 aliphatic carbocycles. The number of imidazole rings is 1. The first-order valence-electron chi connectivity index (χ1n) is 14.3. The number of carboxylic acids is 1. The van der Waals surface area contributed by atoms with Gasteiger partial charge in [0.25, 0.3) is 0 Å². The van der Waals surface area contributed by atoms with E-state index in [1.165, 1.54) is 0 Å². The fourth-order valence-corrected chi connectivity index (χ4v) is 5.42. The van der Waals surface area contributed by atoms with Gasteiger partial charge in [0.15, 0.2) is 11.4 Å². The number of carboxylic acid groups (broad SMARTS) is 1. The lowest BCUT2D eigenvalue weighted by atomic mass is 9.99. The number of benzene rings is 3. The predicted octanol–water partition coefficient (Wildman–Crippen LogP) is 6.47. The van der Waals surface area contributed by atoms with Gasteiger partial charge in [-0.3, -0.25) is 9.59 Å². The number of hydrogen-bond acceptors (Lipinski definition) is 6. The van der Waals surface area contributed by atoms with Crippen LogP contribution < -0.4 is 5.32 Å². The molecule has 0 unspecified atom stereocenters. The molecule has 1 aliphatic heterocycles. The van der Waals surface area contributed by atoms with Gasteiger partial charge in [0.2, 0.25) is 5.91 Å². The molecule has 1 saturated heterocycles. The van der Waals surface area contributed by atoms with E-state index in [9.17, 15) is 14.7 Å². The van der Waals surface area contributed by atoms with Gasteiger partial charge in [0, 0.05) is 31.4 Å². The normalized spacial score (nSPS) is 18.2. The number of aliphatic hydroxyl groups is 1. The number of nitrogens with zero attached hydrogens (tertiary/aromatic N) is 2. The zero-order valence-corrected chi connectivity index (χ0v) is 25.4. The number of rotatable bonds is 12. The third-order valence-electron chi connectivity index (χ3n) is 7.48. The molecule has 0 radical (unpaired) electrons. The van der Waals surface area contributed by atoms with Crippen molar-refractivity contribution in [2.24, 2.45) is 0 Å². The average Bonchev–Trinajstić information content (AvgIpc) is 3.36. The first-order chi connectivity index (χ1) is 21.3. The minimum Gasteiger partial charge on any atom is -0.481 e. The third kappa shape index (κ3) is 8.25. The second-order valence-corrected chi connectivity index (χ2v) is 11.4. The second kappa shape index (κ2) is 14.8. The van der Waals surface area contributed by atoms with E-state index in [4.69, 9.17) is 37.8 Å². The number of aliphatic carboxylic acids is 1. The standard InChI is InChI=1S/C33H33Cl2N3O6/c34-31-32(35)38(20-37-31)18-27-16-28(24-9-7-21(19-39)8-10-24)44-33(43-27)25-13-11-23(12-14-25)26-4-1-3-22(15-26)17-36-29(40)5-2-6-30(41)42/h1,3-4,7-15,20,27-28,33,39H,2,5-6,16-19H2,(H,36,40)(H,41,42)/t27-,28+,33+/m1/s1. The van der Waals surface area contributed by atoms with Crippen molar-refractivity contribution in [1.82, 2.24) is 14.9 Å². The van der Waals surface area contributed by atoms with Crippen molar-refractivity contribution in [1.29, 1.82) is 0 Å². The number of amides is 1. The lowest BCUT2D eigenvalue weighted by molar-refractivity contribution is -0.252. The molecule has 3 N–H and O–H groups in total. The molecule has 2 heterocycles. The summed E-state index contributed by atoms with van der Waals surface area (Å²) in [4.78, 5) is 26.8. The highest BCUT2D eigenvalue weighted by Gasteiger charge is 2.33. The number of halogens is 2. The van der Waals surface area contributed by atoms with Gasteiger partial charge in [0.1, 0.15) is 5.15 Å². The summed E-state index contributed by atoms with van der Waals surface area (Å²) in [6.45, 7) is 0.777. The van der Waals surface area contributed by atoms with Gasteiger partial charge >= 0.3 is 5.97 Å². The highest BCUT2D eigenvalue weighted by molar-refractivity contribution is 6.40. The minimum absolute atomic E-state index is 0.0251. The van der Waals surface area contributed by atoms with Crippen LogP contribution in [0, 0.1) is 0 Å². The summed E-state index contributed by atoms with van der Waals surface area (Å²) in [6, 6.07) is 23.6. The third-order valence-corrected chi connectivity index (χ3v) is 8.24. The summed E-state index contributed by atoms with van der Waals surface area (Å²) in [5.74, 6) is -1.08. The molecule has 5 rings (SSSR count). The Hall–Kier alpha value is -3.73. The maximum atomic E-state index is 12.1. The Morgan fingerprint density at radius 2 is 1.68 bits per heavy atom. The summed E-state index contributed by atoms with van der Waals surface area (Å²) in [6.07, 6.45) is 1.52. The predicted molar refractivity (Wildman–Crippen MR) is 166 cm³/mol. The molecular weight excluding hydrogens is 605 g/mol. The lowest BCUT2D eigenvalue weighted by Gasteiger charge is -2.36. The van der Waals surface area contributed by atoms with Crippen molar-refractivity contribution < 1.29 is 29.3 Å². The van der Waals surface area contributed by atoms with Crippen molar-refractivity contribution in [3.63, 3.8) is 0 Å². The highest BCUT2D eigenvalue weighted by atomic mass is 35.5. The SMILES string of the molecule is O=C(O)CCCC(=O)NCc1cccc(-c2ccc([C@H]3O[C@@H](Cn4cnc(Cl)c4Cl)C[C@@H](c4ccc(CO)cc4)O3)cc2)c1. The topological polar surface area (TPSA) is 123 Å². The maximum Gasteiger partial charge on any atom is 0.303 e. The van der Waals surface area contributed by atoms with Crippen LogP contribution in [0.2, 0.25) is 10.3 Å². The van der Waals surface area contributed by atoms with Crippen LogP contribution in [-0.2, 0) is 38.8 Å². The number of hydrogen-bond donors (Lipinski definition) is 3. The van der Waals surface area contributed by atoms with Gasteiger partial charge in [-0.1, -0.05) is 89.9 Å². The van der Waals surface area contributed by atoms with Crippen molar-refractivity contribution in [2.75, 3.05) is 0 Å². The van der Waals surface area contributed by atoms with Crippen LogP contribution in [0.4, 0.5) is 0 Å². The summed E-state index contributed by atoms with van der Waals surface area (Å²) >= 11 is 12.4. The number of aliphatic hydroxyl groups excluding tert-OH is 1. The smallest absolute Gasteiger partial charge is 0.303 e. The van der Waals surface area contributed by atoms with Crippen molar-refractivity contribution >= 4 is 35.1 Å². The fourth-order valence-electron chi connectivity index (χ4n) is 5.11. The van der Waals surface area contributed by atoms with Crippen molar-refractivity contribution in [2.45, 2.75) is 63.9 Å². The van der Waals surface area contributed by atoms with Gasteiger partial charge in [-0.05, 0) is 40.3 Å². The van der Waals surface area contributed by atoms with Crippen molar-refractivity contribution in [3.8, 4) is 11.1 Å². The van der Waals surface area contributed by atoms with Crippen LogP contribution in [0.5, 0.6) is 0 Å². The zero-order valence-electron chi connectivity index (χ0n) is 23.9. The highest BCUT2D eigenvalue weighted by Crippen LogP contribution is 2.39. The molecule has 0 bridgehead atoms. The zero-order chi connectivity index (χ0) is 31.1. The van der Waals surface area contributed by atoms with Gasteiger partial charge < -0.3 is 29.6 Å². The quantitative estimate of drug-likeness (QED) is 0.163. The maximum absolute atomic E-state index is 12.1. The lowest BCUT2D eigenvalue weighted by Crippen LogP contribution is -2.32. The van der Waals surface area contributed by atoms with E-state index in [1.807, 2.05) is 72.8 Å². The van der Waals surface area contributed by atoms with Crippen LogP contribution in [0.15, 0.2) is 79.1 Å². The van der Waals surface area contributed by atoms with E-state index in [0.29, 0.717) is 31.1 Å². The average molecular weight is 639 g/mol. The van der Waals surface area contributed by atoms with E-state index >= 15 is 0 Å². The summed E-state index contributed by atoms with van der Waals surface area (Å²) in [5, 5.41) is 21.7. The Balaban J connectivity index is 1.29. The number of aromatic nitrogens is 2. The van der Waals surface area contributed by atoms with Gasteiger partial charge in [-0.15, -0.1) is 0 Å². The van der Waals surface area contributed by atoms with E-state index < -0.39 is 12.3 Å². The van der Waals surface area contributed by atoms with Crippen LogP contribution in [0.1, 0.15) is 60.3 Å². The number of nitrogens with one attached hydrogen (secondary N) is 1. The largest absolute Gasteiger partial charge is 0.481 e. The Labute approximate surface area is 265 Å². The minimum atomic E-state index is -0.906. The van der Waals surface area contributed by atoms with E-state index in [0.717, 1.165) is 33.4 Å². The molecule has 1 fully saturated rings. The molecule has 3 atom stereocenters. The molecule has 4 aromatic rings. The summed E-state index contributed by atoms with van der Waals surface area (Å²) < 4.78 is 14.6. The Morgan fingerprint density at radius 3 is 2.36 bits per heavy atom. The molecule has 11 heteroatoms. The molecule has 1 aromatic heterocycles. The monoisotopic (exact) mass is 637 g/mol. The molecular formula is C33H33Cl2N3O6. The van der Waals surface area contributed by atoms with E-state index in [2.05, 4.69) is 10.3 Å². The molecule has 9 nitrogen and oxygen atoms in total. The Morgan fingerprint density at radius 1 is 0.932 bits per heavy atom. The van der Waals surface area contributed by atoms with E-state index in [1.54, 1.807) is 10.9 Å². The Kier molecular flexibility index (Phi) is 10.7. The first-order valence-corrected chi connectivity index (χ1v) is 15.1. The molecule has 1 aliphatic rings. The first kappa shape index (κ1) is 31.7. The van der Waals surface area contributed by atoms with Crippen LogP contribution in [0.3, 0.4) is 0 Å². The van der Waals surface area contributed by atoms with Crippen LogP contribution in [0.25, 0.3) is 11.1 Å². The fraction of sp³-hybridized carbons (Fsp3) is 0.303. The molecule has 0 spiro atoms. The van der Waals surface area contributed by atoms with Gasteiger partial charge in [0.05, 0.1) is 31.7 Å². The molecule has 44 heavy (non-hydrogen) atoms. The number of carbonyl (C=O) groups excluding carboxylic acids is 1.